The van der Waals surface area contributed by atoms with Gasteiger partial charge in [-0.3, -0.25) is 9.59 Å². The van der Waals surface area contributed by atoms with Gasteiger partial charge in [0.25, 0.3) is 0 Å². The first-order valence-electron chi connectivity index (χ1n) is 9.71. The van der Waals surface area contributed by atoms with Crippen molar-refractivity contribution in [3.05, 3.63) is 46.0 Å². The van der Waals surface area contributed by atoms with Crippen LogP contribution in [0.2, 0.25) is 0 Å². The van der Waals surface area contributed by atoms with Crippen LogP contribution in [-0.4, -0.2) is 28.2 Å². The van der Waals surface area contributed by atoms with E-state index in [1.165, 1.54) is 29.7 Å². The third-order valence-electron chi connectivity index (χ3n) is 5.41. The van der Waals surface area contributed by atoms with Gasteiger partial charge < -0.3 is 10.2 Å². The van der Waals surface area contributed by atoms with E-state index in [2.05, 4.69) is 10.3 Å². The van der Waals surface area contributed by atoms with Crippen LogP contribution in [0.25, 0.3) is 0 Å². The van der Waals surface area contributed by atoms with Crippen molar-refractivity contribution in [1.82, 2.24) is 9.88 Å². The van der Waals surface area contributed by atoms with Crippen molar-refractivity contribution in [1.29, 1.82) is 0 Å². The number of nitrogens with one attached hydrogen (secondary N) is 1. The molecule has 0 radical (unpaired) electrons. The number of rotatable bonds is 4. The molecule has 1 fully saturated rings. The number of aromatic nitrogens is 1. The van der Waals surface area contributed by atoms with Crippen molar-refractivity contribution < 1.29 is 9.59 Å². The van der Waals surface area contributed by atoms with Crippen LogP contribution >= 0.6 is 11.3 Å². The summed E-state index contributed by atoms with van der Waals surface area (Å²) in [7, 11) is 0. The summed E-state index contributed by atoms with van der Waals surface area (Å²) in [4.78, 5) is 32.7. The SMILES string of the molecule is Cc1ccc(CN2CC(C(=O)Nc3nc4c(s3)CCCCC4)CC2=O)cc1. The zero-order chi connectivity index (χ0) is 18.8. The van der Waals surface area contributed by atoms with Gasteiger partial charge >= 0.3 is 0 Å². The molecule has 1 N–H and O–H groups in total. The summed E-state index contributed by atoms with van der Waals surface area (Å²) in [6.45, 7) is 3.08. The van der Waals surface area contributed by atoms with E-state index in [4.69, 9.17) is 0 Å². The van der Waals surface area contributed by atoms with E-state index < -0.39 is 0 Å². The molecule has 27 heavy (non-hydrogen) atoms. The lowest BCUT2D eigenvalue weighted by Gasteiger charge is -2.16. The van der Waals surface area contributed by atoms with E-state index in [0.717, 1.165) is 24.1 Å². The number of carbonyl (C=O) groups excluding carboxylic acids is 2. The van der Waals surface area contributed by atoms with Crippen molar-refractivity contribution in [2.24, 2.45) is 5.92 Å². The van der Waals surface area contributed by atoms with Crippen LogP contribution in [0.3, 0.4) is 0 Å². The lowest BCUT2D eigenvalue weighted by Crippen LogP contribution is -2.28. The van der Waals surface area contributed by atoms with E-state index in [1.54, 1.807) is 16.2 Å². The summed E-state index contributed by atoms with van der Waals surface area (Å²) >= 11 is 1.60. The highest BCUT2D eigenvalue weighted by Gasteiger charge is 2.34. The Morgan fingerprint density at radius 2 is 2.00 bits per heavy atom. The third-order valence-corrected chi connectivity index (χ3v) is 6.48. The van der Waals surface area contributed by atoms with E-state index in [9.17, 15) is 9.59 Å². The minimum Gasteiger partial charge on any atom is -0.338 e. The highest BCUT2D eigenvalue weighted by Crippen LogP contribution is 2.30. The van der Waals surface area contributed by atoms with Gasteiger partial charge in [-0.05, 0) is 38.2 Å². The molecule has 1 aromatic heterocycles. The summed E-state index contributed by atoms with van der Waals surface area (Å²) in [6.07, 6.45) is 5.99. The van der Waals surface area contributed by atoms with Gasteiger partial charge in [-0.15, -0.1) is 11.3 Å². The molecule has 0 bridgehead atoms. The largest absolute Gasteiger partial charge is 0.338 e. The first kappa shape index (κ1) is 18.2. The summed E-state index contributed by atoms with van der Waals surface area (Å²) < 4.78 is 0. The van der Waals surface area contributed by atoms with Crippen LogP contribution in [-0.2, 0) is 29.0 Å². The minimum absolute atomic E-state index is 0.0469. The monoisotopic (exact) mass is 383 g/mol. The summed E-state index contributed by atoms with van der Waals surface area (Å²) in [6, 6.07) is 8.18. The van der Waals surface area contributed by atoms with E-state index in [0.29, 0.717) is 18.2 Å². The summed E-state index contributed by atoms with van der Waals surface area (Å²) in [5, 5.41) is 3.65. The molecule has 2 heterocycles. The molecule has 0 saturated carbocycles. The molecule has 6 heteroatoms. The standard InChI is InChI=1S/C21H25N3O2S/c1-14-7-9-15(10-8-14)12-24-13-16(11-19(24)25)20(26)23-21-22-17-5-3-2-4-6-18(17)27-21/h7-10,16H,2-6,11-13H2,1H3,(H,22,23,26). The molecular formula is C21H25N3O2S. The quantitative estimate of drug-likeness (QED) is 0.819. The Hall–Kier alpha value is -2.21. The fourth-order valence-corrected chi connectivity index (χ4v) is 4.86. The molecule has 2 amide bonds. The Morgan fingerprint density at radius 3 is 2.81 bits per heavy atom. The minimum atomic E-state index is -0.299. The number of thiazole rings is 1. The lowest BCUT2D eigenvalue weighted by molar-refractivity contribution is -0.128. The van der Waals surface area contributed by atoms with Crippen molar-refractivity contribution in [2.75, 3.05) is 11.9 Å². The molecule has 142 valence electrons. The third kappa shape index (κ3) is 4.21. The van der Waals surface area contributed by atoms with Crippen LogP contribution in [0.4, 0.5) is 5.13 Å². The van der Waals surface area contributed by atoms with Crippen LogP contribution < -0.4 is 5.32 Å². The fourth-order valence-electron chi connectivity index (χ4n) is 3.80. The zero-order valence-electron chi connectivity index (χ0n) is 15.7. The van der Waals surface area contributed by atoms with E-state index in [1.807, 2.05) is 31.2 Å². The summed E-state index contributed by atoms with van der Waals surface area (Å²) in [5.41, 5.74) is 3.44. The highest BCUT2D eigenvalue weighted by molar-refractivity contribution is 7.15. The smallest absolute Gasteiger partial charge is 0.231 e. The topological polar surface area (TPSA) is 62.3 Å². The van der Waals surface area contributed by atoms with Gasteiger partial charge in [-0.2, -0.15) is 0 Å². The molecule has 1 aliphatic heterocycles. The summed E-state index contributed by atoms with van der Waals surface area (Å²) in [5.74, 6) is -0.337. The van der Waals surface area contributed by atoms with Crippen molar-refractivity contribution in [2.45, 2.75) is 52.0 Å². The molecule has 1 saturated heterocycles. The van der Waals surface area contributed by atoms with Crippen molar-refractivity contribution in [3.8, 4) is 0 Å². The normalized spacial score (nSPS) is 19.7. The van der Waals surface area contributed by atoms with Crippen LogP contribution in [0.15, 0.2) is 24.3 Å². The highest BCUT2D eigenvalue weighted by atomic mass is 32.1. The van der Waals surface area contributed by atoms with Crippen LogP contribution in [0.1, 0.15) is 47.4 Å². The predicted octanol–water partition coefficient (Wildman–Crippen LogP) is 3.71. The Kier molecular flexibility index (Phi) is 5.25. The number of amides is 2. The molecule has 1 aromatic carbocycles. The second-order valence-electron chi connectivity index (χ2n) is 7.60. The Balaban J connectivity index is 1.37. The molecule has 1 atom stereocenters. The van der Waals surface area contributed by atoms with Gasteiger partial charge in [0, 0.05) is 24.4 Å². The second kappa shape index (κ2) is 7.80. The Morgan fingerprint density at radius 1 is 1.22 bits per heavy atom. The number of nitrogens with zero attached hydrogens (tertiary/aromatic N) is 2. The predicted molar refractivity (Wildman–Crippen MR) is 107 cm³/mol. The average molecular weight is 384 g/mol. The first-order chi connectivity index (χ1) is 13.1. The molecule has 1 aliphatic carbocycles. The van der Waals surface area contributed by atoms with Crippen LogP contribution in [0, 0.1) is 12.8 Å². The Labute approximate surface area is 163 Å². The van der Waals surface area contributed by atoms with Crippen molar-refractivity contribution >= 4 is 28.3 Å². The number of anilines is 1. The number of aryl methyl sites for hydroxylation is 3. The molecular weight excluding hydrogens is 358 g/mol. The average Bonchev–Trinajstić information content (AvgIpc) is 3.13. The van der Waals surface area contributed by atoms with E-state index in [-0.39, 0.29) is 24.2 Å². The molecule has 5 nitrogen and oxygen atoms in total. The Bertz CT molecular complexity index is 820. The number of fused-ring (bicyclic) bond motifs is 1. The number of hydrogen-bond donors (Lipinski definition) is 1. The number of likely N-dealkylation sites (tertiary alicyclic amines) is 1. The van der Waals surface area contributed by atoms with Gasteiger partial charge in [0.15, 0.2) is 5.13 Å². The maximum Gasteiger partial charge on any atom is 0.231 e. The van der Waals surface area contributed by atoms with E-state index >= 15 is 0 Å². The van der Waals surface area contributed by atoms with Gasteiger partial charge in [0.05, 0.1) is 11.6 Å². The van der Waals surface area contributed by atoms with Gasteiger partial charge in [-0.1, -0.05) is 36.2 Å². The first-order valence-corrected chi connectivity index (χ1v) is 10.5. The number of benzene rings is 1. The van der Waals surface area contributed by atoms with Gasteiger partial charge in [0.2, 0.25) is 11.8 Å². The lowest BCUT2D eigenvalue weighted by atomic mass is 10.1. The van der Waals surface area contributed by atoms with Gasteiger partial charge in [0.1, 0.15) is 0 Å². The molecule has 2 aliphatic rings. The zero-order valence-corrected chi connectivity index (χ0v) is 16.5. The molecule has 2 aromatic rings. The molecule has 0 spiro atoms. The maximum absolute atomic E-state index is 12.7. The molecule has 1 unspecified atom stereocenters. The maximum atomic E-state index is 12.7. The fraction of sp³-hybridized carbons (Fsp3) is 0.476. The number of carbonyl (C=O) groups is 2. The number of hydrogen-bond acceptors (Lipinski definition) is 4. The van der Waals surface area contributed by atoms with Crippen LogP contribution in [0.5, 0.6) is 0 Å². The molecule has 4 rings (SSSR count). The van der Waals surface area contributed by atoms with Gasteiger partial charge in [-0.25, -0.2) is 4.98 Å². The van der Waals surface area contributed by atoms with Crippen molar-refractivity contribution in [3.63, 3.8) is 0 Å². The second-order valence-corrected chi connectivity index (χ2v) is 8.68.